The molecular formula is C11H12O2. The van der Waals surface area contributed by atoms with E-state index in [2.05, 4.69) is 0 Å². The van der Waals surface area contributed by atoms with Crippen LogP contribution in [0.15, 0.2) is 0 Å². The Bertz CT molecular complexity index is 350. The van der Waals surface area contributed by atoms with Crippen molar-refractivity contribution >= 4 is 5.78 Å². The molecule has 2 bridgehead atoms. The summed E-state index contributed by atoms with van der Waals surface area (Å²) in [5.41, 5.74) is 0. The number of aliphatic hydroxyl groups is 1. The standard InChI is InChI=1S/C11H12O2/c12-10-6-2-1-3-5-4(2)8(10)9(5)11(13)7(3)6/h2-10,12H,1H2/t2-,3+,4+,5-,6+,7-,8+,9+,10+/m1/s1. The number of carbonyl (C=O) groups excluding carboxylic acids is 1. The van der Waals surface area contributed by atoms with E-state index in [1.54, 1.807) is 0 Å². The highest BCUT2D eigenvalue weighted by Gasteiger charge is 2.83. The molecule has 5 aliphatic rings. The summed E-state index contributed by atoms with van der Waals surface area (Å²) in [7, 11) is 0. The summed E-state index contributed by atoms with van der Waals surface area (Å²) < 4.78 is 0. The van der Waals surface area contributed by atoms with Crippen molar-refractivity contribution in [2.24, 2.45) is 47.3 Å². The average molecular weight is 176 g/mol. The molecule has 2 heteroatoms. The largest absolute Gasteiger partial charge is 0.392 e. The highest BCUT2D eigenvalue weighted by Crippen LogP contribution is 2.81. The van der Waals surface area contributed by atoms with Gasteiger partial charge < -0.3 is 5.11 Å². The Balaban J connectivity index is 1.87. The van der Waals surface area contributed by atoms with Crippen molar-refractivity contribution < 1.29 is 9.90 Å². The first-order valence-electron chi connectivity index (χ1n) is 5.52. The van der Waals surface area contributed by atoms with Crippen molar-refractivity contribution in [3.8, 4) is 0 Å². The number of ketones is 1. The topological polar surface area (TPSA) is 37.3 Å². The zero-order valence-electron chi connectivity index (χ0n) is 7.26. The van der Waals surface area contributed by atoms with E-state index in [9.17, 15) is 9.90 Å². The maximum atomic E-state index is 11.9. The van der Waals surface area contributed by atoms with E-state index in [1.165, 1.54) is 6.42 Å². The molecule has 5 fully saturated rings. The van der Waals surface area contributed by atoms with Crippen LogP contribution < -0.4 is 0 Å². The lowest BCUT2D eigenvalue weighted by Gasteiger charge is -2.45. The SMILES string of the molecule is O=C1[C@@H]2[C@H]3C[C@@H]4[C@@H]5[C@H]([C@@H](O)[C@@H]42)[C@@H]1[C@H]35. The summed E-state index contributed by atoms with van der Waals surface area (Å²) in [5.74, 6) is 4.97. The highest BCUT2D eigenvalue weighted by atomic mass is 16.3. The van der Waals surface area contributed by atoms with Crippen LogP contribution in [0, 0.1) is 47.3 Å². The Morgan fingerprint density at radius 2 is 1.85 bits per heavy atom. The minimum absolute atomic E-state index is 0.0913. The van der Waals surface area contributed by atoms with Crippen LogP contribution in [0.3, 0.4) is 0 Å². The Labute approximate surface area is 76.3 Å². The van der Waals surface area contributed by atoms with Crippen LogP contribution >= 0.6 is 0 Å². The molecule has 0 amide bonds. The molecule has 13 heavy (non-hydrogen) atoms. The van der Waals surface area contributed by atoms with E-state index in [0.29, 0.717) is 35.4 Å². The van der Waals surface area contributed by atoms with Crippen LogP contribution in [-0.2, 0) is 4.79 Å². The molecule has 0 aliphatic heterocycles. The average Bonchev–Trinajstić information content (AvgIpc) is 2.52. The lowest BCUT2D eigenvalue weighted by atomic mass is 9.59. The fraction of sp³-hybridized carbons (Fsp3) is 0.909. The molecule has 0 aromatic rings. The minimum Gasteiger partial charge on any atom is -0.392 e. The van der Waals surface area contributed by atoms with Crippen molar-refractivity contribution in [3.05, 3.63) is 0 Å². The van der Waals surface area contributed by atoms with Gasteiger partial charge in [0, 0.05) is 11.8 Å². The van der Waals surface area contributed by atoms with Crippen LogP contribution in [0.2, 0.25) is 0 Å². The van der Waals surface area contributed by atoms with Crippen LogP contribution in [0.1, 0.15) is 6.42 Å². The number of Topliss-reactive ketones (excluding diaryl/α,β-unsaturated/α-hetero) is 1. The minimum atomic E-state index is -0.0913. The second kappa shape index (κ2) is 1.40. The van der Waals surface area contributed by atoms with Gasteiger partial charge in [-0.1, -0.05) is 0 Å². The van der Waals surface area contributed by atoms with Crippen molar-refractivity contribution in [2.45, 2.75) is 12.5 Å². The lowest BCUT2D eigenvalue weighted by molar-refractivity contribution is -0.141. The van der Waals surface area contributed by atoms with Crippen molar-refractivity contribution in [2.75, 3.05) is 0 Å². The van der Waals surface area contributed by atoms with E-state index >= 15 is 0 Å². The molecule has 0 radical (unpaired) electrons. The number of aliphatic hydroxyl groups excluding tert-OH is 1. The van der Waals surface area contributed by atoms with Gasteiger partial charge in [-0.25, -0.2) is 0 Å². The zero-order valence-corrected chi connectivity index (χ0v) is 7.26. The molecule has 9 atom stereocenters. The summed E-state index contributed by atoms with van der Waals surface area (Å²) in [6.07, 6.45) is 1.19. The number of rotatable bonds is 0. The van der Waals surface area contributed by atoms with Gasteiger partial charge in [0.25, 0.3) is 0 Å². The van der Waals surface area contributed by atoms with Gasteiger partial charge in [0.2, 0.25) is 0 Å². The molecule has 0 spiro atoms. The van der Waals surface area contributed by atoms with Crippen LogP contribution in [0.4, 0.5) is 0 Å². The van der Waals surface area contributed by atoms with Crippen LogP contribution in [0.25, 0.3) is 0 Å². The predicted octanol–water partition coefficient (Wildman–Crippen LogP) is 0.304. The molecular weight excluding hydrogens is 164 g/mol. The second-order valence-corrected chi connectivity index (χ2v) is 5.82. The van der Waals surface area contributed by atoms with Gasteiger partial charge in [-0.15, -0.1) is 0 Å². The van der Waals surface area contributed by atoms with Crippen molar-refractivity contribution in [1.82, 2.24) is 0 Å². The first-order valence-corrected chi connectivity index (χ1v) is 5.52. The third-order valence-electron chi connectivity index (χ3n) is 6.07. The zero-order chi connectivity index (χ0) is 8.48. The van der Waals surface area contributed by atoms with Gasteiger partial charge >= 0.3 is 0 Å². The van der Waals surface area contributed by atoms with Gasteiger partial charge in [-0.3, -0.25) is 4.79 Å². The van der Waals surface area contributed by atoms with Crippen molar-refractivity contribution in [3.63, 3.8) is 0 Å². The quantitative estimate of drug-likeness (QED) is 0.576. The lowest BCUT2D eigenvalue weighted by Crippen LogP contribution is -2.49. The highest BCUT2D eigenvalue weighted by molar-refractivity contribution is 5.91. The van der Waals surface area contributed by atoms with Gasteiger partial charge in [0.15, 0.2) is 0 Å². The number of fused-ring (bicyclic) bond motifs is 2. The first-order chi connectivity index (χ1) is 6.30. The number of hydrogen-bond donors (Lipinski definition) is 1. The normalized spacial score (nSPS) is 79.8. The fourth-order valence-electron chi connectivity index (χ4n) is 6.11. The van der Waals surface area contributed by atoms with E-state index in [1.807, 2.05) is 0 Å². The Kier molecular flexibility index (Phi) is 0.666. The monoisotopic (exact) mass is 176 g/mol. The molecule has 0 heterocycles. The van der Waals surface area contributed by atoms with E-state index < -0.39 is 0 Å². The summed E-state index contributed by atoms with van der Waals surface area (Å²) in [5, 5.41) is 10.1. The first kappa shape index (κ1) is 6.18. The molecule has 5 rings (SSSR count). The maximum absolute atomic E-state index is 11.9. The number of carbonyl (C=O) groups is 1. The molecule has 0 aromatic heterocycles. The molecule has 5 aliphatic carbocycles. The van der Waals surface area contributed by atoms with Gasteiger partial charge in [-0.05, 0) is 41.9 Å². The smallest absolute Gasteiger partial charge is 0.140 e. The van der Waals surface area contributed by atoms with Crippen molar-refractivity contribution in [1.29, 1.82) is 0 Å². The molecule has 1 N–H and O–H groups in total. The summed E-state index contributed by atoms with van der Waals surface area (Å²) in [4.78, 5) is 11.9. The molecule has 0 saturated heterocycles. The number of hydrogen-bond acceptors (Lipinski definition) is 2. The maximum Gasteiger partial charge on any atom is 0.140 e. The molecule has 0 aromatic carbocycles. The van der Waals surface area contributed by atoms with Gasteiger partial charge in [0.05, 0.1) is 6.10 Å². The summed E-state index contributed by atoms with van der Waals surface area (Å²) >= 11 is 0. The van der Waals surface area contributed by atoms with E-state index in [0.717, 1.165) is 17.8 Å². The van der Waals surface area contributed by atoms with Gasteiger partial charge in [-0.2, -0.15) is 0 Å². The summed E-state index contributed by atoms with van der Waals surface area (Å²) in [6, 6.07) is 0. The second-order valence-electron chi connectivity index (χ2n) is 5.82. The fourth-order valence-corrected chi connectivity index (χ4v) is 6.11. The van der Waals surface area contributed by atoms with Gasteiger partial charge in [0.1, 0.15) is 5.78 Å². The Morgan fingerprint density at radius 3 is 2.69 bits per heavy atom. The van der Waals surface area contributed by atoms with Crippen LogP contribution in [-0.4, -0.2) is 17.0 Å². The molecule has 5 saturated carbocycles. The molecule has 68 valence electrons. The molecule has 2 nitrogen and oxygen atoms in total. The third kappa shape index (κ3) is 0.349. The predicted molar refractivity (Wildman–Crippen MR) is 43.6 cm³/mol. The van der Waals surface area contributed by atoms with E-state index in [4.69, 9.17) is 0 Å². The van der Waals surface area contributed by atoms with Crippen LogP contribution in [0.5, 0.6) is 0 Å². The Hall–Kier alpha value is -0.370. The Morgan fingerprint density at radius 1 is 1.00 bits per heavy atom. The molecule has 0 unspecified atom stereocenters. The van der Waals surface area contributed by atoms with E-state index in [-0.39, 0.29) is 6.10 Å². The third-order valence-corrected chi connectivity index (χ3v) is 6.07. The summed E-state index contributed by atoms with van der Waals surface area (Å²) in [6.45, 7) is 0.